The quantitative estimate of drug-likeness (QED) is 0.0199. The number of nitrogens with two attached hydrogens (primary N) is 1. The van der Waals surface area contributed by atoms with E-state index in [1.807, 2.05) is 21.3 Å². The zero-order chi connectivity index (χ0) is 108. The predicted octanol–water partition coefficient (Wildman–Crippen LogP) is -17.7. The van der Waals surface area contributed by atoms with Gasteiger partial charge in [0.05, 0.1) is 26.4 Å². The fourth-order valence-electron chi connectivity index (χ4n) is 15.2. The van der Waals surface area contributed by atoms with Crippen LogP contribution in [0.15, 0.2) is 0 Å². The maximum Gasteiger partial charge on any atom is 0.397 e. The molecule has 4 amide bonds. The number of aliphatic hydroxyl groups is 9. The van der Waals surface area contributed by atoms with Crippen molar-refractivity contribution in [1.29, 1.82) is 0 Å². The minimum Gasteiger partial charge on any atom is -0.479 e. The van der Waals surface area contributed by atoms with E-state index in [0.29, 0.717) is 33.6 Å². The van der Waals surface area contributed by atoms with Crippen molar-refractivity contribution in [2.24, 2.45) is 5.73 Å². The van der Waals surface area contributed by atoms with Crippen LogP contribution in [0, 0.1) is 0 Å². The van der Waals surface area contributed by atoms with Crippen LogP contribution in [0.5, 0.6) is 0 Å². The van der Waals surface area contributed by atoms with Crippen molar-refractivity contribution in [2.75, 3.05) is 39.6 Å². The highest BCUT2D eigenvalue weighted by molar-refractivity contribution is 7.82. The monoisotopic (exact) mass is 2260 g/mol. The summed E-state index contributed by atoms with van der Waals surface area (Å²) in [5.41, 5.74) is 5.49. The number of aliphatic hydroxyl groups excluding tert-OH is 9. The summed E-state index contributed by atoms with van der Waals surface area (Å²) in [6, 6.07) is -10.0. The van der Waals surface area contributed by atoms with E-state index in [1.54, 1.807) is 0 Å². The molecule has 8 fully saturated rings. The topological polar surface area (TPSA) is 1130 Å². The van der Waals surface area contributed by atoms with Crippen molar-refractivity contribution < 1.29 is 318 Å². The molecule has 0 aromatic carbocycles. The third-order valence-electron chi connectivity index (χ3n) is 20.9. The zero-order valence-corrected chi connectivity index (χ0v) is 78.8. The molecule has 0 aromatic heterocycles. The average molecular weight is 2260 g/mol. The average Bonchev–Trinajstić information content (AvgIpc) is 0.757. The summed E-state index contributed by atoms with van der Waals surface area (Å²) in [6.07, 6.45) is -103. The molecule has 8 saturated heterocycles. The number of unbranched alkanes of at least 4 members (excludes halogenated alkanes) is 2. The SMILES string of the molecule is CC(=O)N[C@H]1[C@@H](O[C@@H]2C(C(=O)O)O[C@@H](OCCCCCN)[C@H](OS(=O)(=O)O)[C@H]2O)O[C@H](COS(=O)(=O)O)[C@@H](O[C@@H]2O[C@@H](C(=O)O)[C@@H](O[C@H]3O[C@H](COS(=O)(=O)O)[C@@H](O[C@@H]4OC(C(=O)O)[C@@H](O[C@H]5O[C@H](COS(=O)(=O)O)[C@@H](O[C@@H]6O[C@@H](C(=O)O)[C@@H](O[C@H]7O[C@H](COS(=O)(=O)O)[C@@H](O)[C@H](O)[C@H]7NC(C)=O)[C@H](O)[C@H]6OS(=O)(=O)O)[C@H](O)[C@H]5NC(C)=O)[C@H](O)[C@H]4OS(=O)(=O)O)[C@H](O)[C@H]3NC(C)=O)[C@H](O)[C@H]2OS(=O)(=O)O)[C@@H]1O. The lowest BCUT2D eigenvalue weighted by molar-refractivity contribution is -0.379. The number of hydrogen-bond donors (Lipinski definition) is 26. The van der Waals surface area contributed by atoms with Crippen molar-refractivity contribution in [3.63, 3.8) is 0 Å². The van der Waals surface area contributed by atoms with E-state index in [-0.39, 0.29) is 13.0 Å². The van der Waals surface area contributed by atoms with Crippen molar-refractivity contribution >= 4 is 131 Å². The molecule has 82 heteroatoms. The van der Waals surface area contributed by atoms with Crippen LogP contribution in [-0.4, -0.2) is 503 Å². The van der Waals surface area contributed by atoms with Crippen molar-refractivity contribution in [2.45, 2.75) is 292 Å². The number of hydrogen-bond acceptors (Lipinski definition) is 58. The van der Waals surface area contributed by atoms with Gasteiger partial charge >= 0.3 is 107 Å². The molecule has 0 spiro atoms. The van der Waals surface area contributed by atoms with E-state index in [0.717, 1.165) is 6.92 Å². The van der Waals surface area contributed by atoms with E-state index < -0.39 is 409 Å². The fraction of sp³-hybridized carbons (Fsp3) is 0.869. The van der Waals surface area contributed by atoms with Crippen LogP contribution in [0.1, 0.15) is 47.0 Å². The number of amides is 4. The second kappa shape index (κ2) is 49.6. The third-order valence-corrected chi connectivity index (χ3v) is 24.5. The number of carbonyl (C=O) groups is 8. The summed E-state index contributed by atoms with van der Waals surface area (Å²) < 4.78 is 401. The highest BCUT2D eigenvalue weighted by atomic mass is 32.3. The first-order chi connectivity index (χ1) is 65.7. The smallest absolute Gasteiger partial charge is 0.397 e. The summed E-state index contributed by atoms with van der Waals surface area (Å²) in [7, 11) is -47.6. The van der Waals surface area contributed by atoms with Crippen LogP contribution in [-0.2, 0) is 231 Å². The first-order valence-corrected chi connectivity index (χ1v) is 50.9. The summed E-state index contributed by atoms with van der Waals surface area (Å²) in [4.78, 5) is 105. The Morgan fingerprint density at radius 2 is 0.476 bits per heavy atom. The number of aliphatic carboxylic acids is 4. The minimum atomic E-state index is -6.34. The minimum absolute atomic E-state index is 0.0945. The molecule has 0 saturated carbocycles. The maximum absolute atomic E-state index is 13.6. The Bertz CT molecular complexity index is 5390. The number of nitrogens with one attached hydrogen (secondary N) is 4. The molecular formula is C61H97N5O69S8. The Balaban J connectivity index is 1.12. The first kappa shape index (κ1) is 122. The van der Waals surface area contributed by atoms with E-state index in [9.17, 15) is 209 Å². The Morgan fingerprint density at radius 3 is 0.699 bits per heavy atom. The first-order valence-electron chi connectivity index (χ1n) is 40.0. The summed E-state index contributed by atoms with van der Waals surface area (Å²) >= 11 is 0. The van der Waals surface area contributed by atoms with Crippen molar-refractivity contribution in [1.82, 2.24) is 21.3 Å². The van der Waals surface area contributed by atoms with Crippen LogP contribution in [0.4, 0.5) is 0 Å². The van der Waals surface area contributed by atoms with E-state index in [4.69, 9.17) is 81.5 Å². The number of rotatable bonds is 48. The van der Waals surface area contributed by atoms with Gasteiger partial charge in [0.1, 0.15) is 146 Å². The molecule has 40 atom stereocenters. The Hall–Kier alpha value is -6.32. The number of ether oxygens (including phenoxy) is 16. The van der Waals surface area contributed by atoms with Gasteiger partial charge in [-0.15, -0.1) is 0 Å². The maximum atomic E-state index is 13.6. The van der Waals surface area contributed by atoms with E-state index in [1.165, 1.54) is 0 Å². The van der Waals surface area contributed by atoms with Crippen LogP contribution in [0.2, 0.25) is 0 Å². The lowest BCUT2D eigenvalue weighted by atomic mass is 9.93. The molecule has 828 valence electrons. The molecule has 8 aliphatic heterocycles. The molecular weight excluding hydrogens is 2160 g/mol. The molecule has 0 aliphatic carbocycles. The Labute approximate surface area is 803 Å². The second-order valence-corrected chi connectivity index (χ2v) is 39.8. The Kier molecular flexibility index (Phi) is 42.3. The van der Waals surface area contributed by atoms with Crippen LogP contribution in [0.3, 0.4) is 0 Å². The van der Waals surface area contributed by atoms with Gasteiger partial charge in [0.25, 0.3) is 0 Å². The van der Waals surface area contributed by atoms with Gasteiger partial charge in [-0.3, -0.25) is 55.6 Å². The number of carboxylic acids is 4. The second-order valence-electron chi connectivity index (χ2n) is 31.3. The largest absolute Gasteiger partial charge is 0.479 e. The van der Waals surface area contributed by atoms with E-state index in [2.05, 4.69) is 33.5 Å². The summed E-state index contributed by atoms with van der Waals surface area (Å²) in [6.45, 7) is -4.81. The van der Waals surface area contributed by atoms with Gasteiger partial charge in [-0.2, -0.15) is 67.3 Å². The predicted molar refractivity (Wildman–Crippen MR) is 423 cm³/mol. The number of carbonyl (C=O) groups excluding carboxylic acids is 4. The fourth-order valence-corrected chi connectivity index (χ4v) is 18.4. The van der Waals surface area contributed by atoms with Gasteiger partial charge in [-0.25, -0.2) is 52.6 Å². The molecule has 74 nitrogen and oxygen atoms in total. The molecule has 0 bridgehead atoms. The van der Waals surface area contributed by atoms with Crippen molar-refractivity contribution in [3.8, 4) is 0 Å². The van der Waals surface area contributed by atoms with Gasteiger partial charge in [-0.05, 0) is 25.8 Å². The molecule has 0 aromatic rings. The zero-order valence-electron chi connectivity index (χ0n) is 72.3. The van der Waals surface area contributed by atoms with Crippen LogP contribution in [0.25, 0.3) is 0 Å². The Morgan fingerprint density at radius 1 is 0.259 bits per heavy atom. The van der Waals surface area contributed by atoms with Gasteiger partial charge in [0.2, 0.25) is 23.6 Å². The summed E-state index contributed by atoms with van der Waals surface area (Å²) in [5.74, 6) is -14.8. The van der Waals surface area contributed by atoms with Crippen molar-refractivity contribution in [3.05, 3.63) is 0 Å². The standard InChI is InChI=1S/C61H97N5O69S8/c1-14(67)63-22-27(72)26(71)18(10-113-136(88,89)90)117-54(22)124-39-32(77)43(133-141(103,104)105)59(129-47(39)51(82)83)121-36-20(12-115-138(94,95)96)119-56(24(29(36)74)65-16(3)69)126-41-34(79)45(135-143(109,110)111)61(131-49(41)53(86)87)123-37-21(13-116-139(97,98)99)120-57(25(30(37)75)66-17(4)70)127-40-33(78)44(134-142(106,107)108)60(130-48(40)52(84)85)122-35-19(11-114-137(91,92)93)118-55(23(28(35)73)64-15(2)68)125-38-31(76)42(132-140(100,101)102)58(128-46(38)50(80)81)112-9-7-5-6-8-62/h18-49,54-61,71-79H,5-13,62H2,1-4H3,(H,63,67)(H,64,68)(H,65,69)(H,66,70)(H,80,81)(H,82,83)(H,84,85)(H,86,87)(H,88,89,90)(H,91,92,93)(H,94,95,96)(H,97,98,99)(H,100,101,102)(H,103,104,105)(H,106,107,108)(H,109,110,111)/t18-,19-,20-,21-,22-,23-,24-,25-,26-,27-,28-,29-,30-,31+,32+,33+,34+,35-,36-,37-,38+,39+,40+,41+,42-,43-,44-,45-,46?,47-,48-,49?,54-,55-,56-,57-,58-,59-,60-,61-/m1/s1. The van der Waals surface area contributed by atoms with E-state index >= 15 is 0 Å². The molecule has 8 aliphatic rings. The lowest BCUT2D eigenvalue weighted by Crippen LogP contribution is -2.71. The molecule has 2 unspecified atom stereocenters. The molecule has 27 N–H and O–H groups in total. The lowest BCUT2D eigenvalue weighted by Gasteiger charge is -2.51. The highest BCUT2D eigenvalue weighted by Crippen LogP contribution is 2.42. The van der Waals surface area contributed by atoms with Crippen LogP contribution < -0.4 is 27.0 Å². The van der Waals surface area contributed by atoms with Gasteiger partial charge < -0.3 is 169 Å². The number of carboxylic acid groups (broad SMARTS) is 4. The molecule has 143 heavy (non-hydrogen) atoms. The highest BCUT2D eigenvalue weighted by Gasteiger charge is 2.65. The normalized spacial score (nSPS) is 38.4. The van der Waals surface area contributed by atoms with Crippen LogP contribution >= 0.6 is 0 Å². The van der Waals surface area contributed by atoms with Gasteiger partial charge in [0, 0.05) is 34.3 Å². The summed E-state index contributed by atoms with van der Waals surface area (Å²) in [5, 5.41) is 157. The third kappa shape index (κ3) is 34.6. The molecule has 0 radical (unpaired) electrons. The molecule has 8 heterocycles. The van der Waals surface area contributed by atoms with Gasteiger partial charge in [0.15, 0.2) is 99.2 Å². The van der Waals surface area contributed by atoms with Gasteiger partial charge in [-0.1, -0.05) is 0 Å². The molecule has 8 rings (SSSR count).